The lowest BCUT2D eigenvalue weighted by Gasteiger charge is -2.15. The van der Waals surface area contributed by atoms with Gasteiger partial charge in [-0.25, -0.2) is 4.79 Å². The van der Waals surface area contributed by atoms with Crippen molar-refractivity contribution in [1.29, 1.82) is 0 Å². The molecule has 4 N–H and O–H groups in total. The van der Waals surface area contributed by atoms with Crippen LogP contribution in [-0.4, -0.2) is 23.0 Å². The lowest BCUT2D eigenvalue weighted by Crippen LogP contribution is -2.36. The Morgan fingerprint density at radius 1 is 1.50 bits per heavy atom. The largest absolute Gasteiger partial charge is 0.480 e. The first-order valence-corrected chi connectivity index (χ1v) is 5.41. The van der Waals surface area contributed by atoms with Gasteiger partial charge in [0.05, 0.1) is 0 Å². The number of unbranched alkanes of at least 4 members (excludes halogenated alkanes) is 1. The number of carboxylic acid groups (broad SMARTS) is 1. The van der Waals surface area contributed by atoms with Crippen LogP contribution in [0.1, 0.15) is 39.5 Å². The fraction of sp³-hybridized carbons (Fsp3) is 0.636. The normalized spacial score (nSPS) is 13.2. The van der Waals surface area contributed by atoms with Crippen LogP contribution < -0.4 is 11.1 Å². The molecule has 5 heteroatoms. The van der Waals surface area contributed by atoms with Crippen molar-refractivity contribution >= 4 is 11.9 Å². The van der Waals surface area contributed by atoms with E-state index in [9.17, 15) is 9.59 Å². The van der Waals surface area contributed by atoms with Crippen molar-refractivity contribution in [3.63, 3.8) is 0 Å². The number of primary amides is 1. The molecule has 0 radical (unpaired) electrons. The molecule has 0 saturated carbocycles. The first-order chi connectivity index (χ1) is 7.47. The van der Waals surface area contributed by atoms with Gasteiger partial charge in [0.1, 0.15) is 6.04 Å². The minimum atomic E-state index is -0.967. The first kappa shape index (κ1) is 14.5. The fourth-order valence-electron chi connectivity index (χ4n) is 1.24. The van der Waals surface area contributed by atoms with Crippen molar-refractivity contribution in [3.8, 4) is 0 Å². The van der Waals surface area contributed by atoms with Gasteiger partial charge >= 0.3 is 5.97 Å². The molecule has 0 aliphatic carbocycles. The molecule has 0 saturated heterocycles. The molecular formula is C11H20N2O3. The summed E-state index contributed by atoms with van der Waals surface area (Å²) in [5.74, 6) is -1.45. The Morgan fingerprint density at radius 2 is 2.12 bits per heavy atom. The number of allylic oxidation sites excluding steroid dienone is 2. The first-order valence-electron chi connectivity index (χ1n) is 5.41. The Labute approximate surface area is 95.7 Å². The van der Waals surface area contributed by atoms with Gasteiger partial charge in [-0.1, -0.05) is 19.4 Å². The molecule has 0 aromatic rings. The minimum absolute atomic E-state index is 0.0744. The number of hydrogen-bond donors (Lipinski definition) is 3. The van der Waals surface area contributed by atoms with Gasteiger partial charge in [-0.05, 0) is 19.8 Å². The third-order valence-electron chi connectivity index (χ3n) is 2.12. The number of aliphatic carboxylic acids is 1. The number of carbonyl (C=O) groups excluding carboxylic acids is 1. The average Bonchev–Trinajstić information content (AvgIpc) is 2.20. The number of carboxylic acids is 1. The summed E-state index contributed by atoms with van der Waals surface area (Å²) < 4.78 is 0. The van der Waals surface area contributed by atoms with Crippen LogP contribution in [0, 0.1) is 0 Å². The molecule has 1 unspecified atom stereocenters. The van der Waals surface area contributed by atoms with Gasteiger partial charge in [0.25, 0.3) is 0 Å². The third-order valence-corrected chi connectivity index (χ3v) is 2.12. The van der Waals surface area contributed by atoms with Crippen LogP contribution in [0.3, 0.4) is 0 Å². The Morgan fingerprint density at radius 3 is 2.56 bits per heavy atom. The number of rotatable bonds is 8. The Kier molecular flexibility index (Phi) is 7.00. The van der Waals surface area contributed by atoms with Crippen molar-refractivity contribution < 1.29 is 14.7 Å². The molecular weight excluding hydrogens is 208 g/mol. The van der Waals surface area contributed by atoms with Crippen molar-refractivity contribution in [1.82, 2.24) is 5.32 Å². The minimum Gasteiger partial charge on any atom is -0.480 e. The quantitative estimate of drug-likeness (QED) is 0.578. The summed E-state index contributed by atoms with van der Waals surface area (Å²) >= 11 is 0. The standard InChI is InChI=1S/C11H20N2O3/c1-3-4-5-8(2)13-9(11(15)16)6-7-10(12)14/h5,9,13H,3-4,6-7H2,1-2H3,(H2,12,14)(H,15,16)/b8-5+. The third kappa shape index (κ3) is 6.86. The molecule has 0 rings (SSSR count). The van der Waals surface area contributed by atoms with E-state index in [1.165, 1.54) is 0 Å². The molecule has 0 aliphatic heterocycles. The smallest absolute Gasteiger partial charge is 0.326 e. The molecule has 0 aromatic heterocycles. The van der Waals surface area contributed by atoms with E-state index in [1.807, 2.05) is 19.9 Å². The monoisotopic (exact) mass is 228 g/mol. The van der Waals surface area contributed by atoms with Gasteiger partial charge in [-0.2, -0.15) is 0 Å². The van der Waals surface area contributed by atoms with Gasteiger partial charge < -0.3 is 16.2 Å². The Balaban J connectivity index is 4.22. The summed E-state index contributed by atoms with van der Waals surface area (Å²) in [4.78, 5) is 21.5. The zero-order valence-electron chi connectivity index (χ0n) is 9.82. The predicted molar refractivity (Wildman–Crippen MR) is 61.7 cm³/mol. The highest BCUT2D eigenvalue weighted by Gasteiger charge is 2.17. The molecule has 92 valence electrons. The number of amides is 1. The highest BCUT2D eigenvalue weighted by Crippen LogP contribution is 2.02. The number of carbonyl (C=O) groups is 2. The van der Waals surface area contributed by atoms with E-state index < -0.39 is 17.9 Å². The van der Waals surface area contributed by atoms with Crippen LogP contribution in [0.25, 0.3) is 0 Å². The maximum Gasteiger partial charge on any atom is 0.326 e. The van der Waals surface area contributed by atoms with Crippen LogP contribution in [-0.2, 0) is 9.59 Å². The molecule has 16 heavy (non-hydrogen) atoms. The number of hydrogen-bond acceptors (Lipinski definition) is 3. The van der Waals surface area contributed by atoms with E-state index >= 15 is 0 Å². The summed E-state index contributed by atoms with van der Waals surface area (Å²) in [5.41, 5.74) is 5.80. The molecule has 1 atom stereocenters. The van der Waals surface area contributed by atoms with Crippen LogP contribution in [0.4, 0.5) is 0 Å². The molecule has 0 fully saturated rings. The van der Waals surface area contributed by atoms with Gasteiger partial charge in [-0.3, -0.25) is 4.79 Å². The number of nitrogens with two attached hydrogens (primary N) is 1. The van der Waals surface area contributed by atoms with E-state index in [-0.39, 0.29) is 12.8 Å². The van der Waals surface area contributed by atoms with Gasteiger partial charge in [0.2, 0.25) is 5.91 Å². The summed E-state index contributed by atoms with van der Waals surface area (Å²) in [5, 5.41) is 11.8. The maximum absolute atomic E-state index is 10.9. The van der Waals surface area contributed by atoms with Crippen molar-refractivity contribution in [2.45, 2.75) is 45.6 Å². The van der Waals surface area contributed by atoms with Gasteiger partial charge in [0.15, 0.2) is 0 Å². The van der Waals surface area contributed by atoms with E-state index in [0.29, 0.717) is 0 Å². The highest BCUT2D eigenvalue weighted by molar-refractivity contribution is 5.77. The molecule has 1 amide bonds. The molecule has 0 heterocycles. The van der Waals surface area contributed by atoms with Crippen molar-refractivity contribution in [2.75, 3.05) is 0 Å². The van der Waals surface area contributed by atoms with Crippen LogP contribution in [0.5, 0.6) is 0 Å². The molecule has 5 nitrogen and oxygen atoms in total. The molecule has 0 spiro atoms. The molecule has 0 aliphatic rings. The van der Waals surface area contributed by atoms with Gasteiger partial charge in [0, 0.05) is 12.1 Å². The zero-order chi connectivity index (χ0) is 12.6. The molecule has 0 bridgehead atoms. The maximum atomic E-state index is 10.9. The van der Waals surface area contributed by atoms with E-state index in [1.54, 1.807) is 0 Å². The van der Waals surface area contributed by atoms with Crippen molar-refractivity contribution in [3.05, 3.63) is 11.8 Å². The second-order valence-corrected chi connectivity index (χ2v) is 3.72. The fourth-order valence-corrected chi connectivity index (χ4v) is 1.24. The molecule has 0 aromatic carbocycles. The summed E-state index contributed by atoms with van der Waals surface area (Å²) in [7, 11) is 0. The summed E-state index contributed by atoms with van der Waals surface area (Å²) in [6.07, 6.45) is 4.15. The van der Waals surface area contributed by atoms with Gasteiger partial charge in [-0.15, -0.1) is 0 Å². The Bertz CT molecular complexity index is 274. The Hall–Kier alpha value is -1.52. The second kappa shape index (κ2) is 7.73. The average molecular weight is 228 g/mol. The zero-order valence-corrected chi connectivity index (χ0v) is 9.82. The van der Waals surface area contributed by atoms with Crippen LogP contribution in [0.15, 0.2) is 11.8 Å². The summed E-state index contributed by atoms with van der Waals surface area (Å²) in [6, 6.07) is -0.749. The van der Waals surface area contributed by atoms with E-state index in [4.69, 9.17) is 10.8 Å². The lowest BCUT2D eigenvalue weighted by molar-refractivity contribution is -0.139. The highest BCUT2D eigenvalue weighted by atomic mass is 16.4. The van der Waals surface area contributed by atoms with Crippen molar-refractivity contribution in [2.24, 2.45) is 5.73 Å². The van der Waals surface area contributed by atoms with Crippen LogP contribution in [0.2, 0.25) is 0 Å². The summed E-state index contributed by atoms with van der Waals surface area (Å²) in [6.45, 7) is 3.86. The van der Waals surface area contributed by atoms with E-state index in [0.717, 1.165) is 18.5 Å². The predicted octanol–water partition coefficient (Wildman–Crippen LogP) is 0.999. The SMILES string of the molecule is CCC/C=C(\C)NC(CCC(N)=O)C(=O)O. The topological polar surface area (TPSA) is 92.4 Å². The lowest BCUT2D eigenvalue weighted by atomic mass is 10.1. The van der Waals surface area contributed by atoms with Crippen LogP contribution >= 0.6 is 0 Å². The number of nitrogens with one attached hydrogen (secondary N) is 1. The second-order valence-electron chi connectivity index (χ2n) is 3.72. The van der Waals surface area contributed by atoms with E-state index in [2.05, 4.69) is 5.32 Å².